The number of hydrogen-bond acceptors (Lipinski definition) is 3. The summed E-state index contributed by atoms with van der Waals surface area (Å²) in [6, 6.07) is 4.37. The third-order valence-corrected chi connectivity index (χ3v) is 11.0. The Labute approximate surface area is 191 Å². The van der Waals surface area contributed by atoms with Crippen molar-refractivity contribution < 1.29 is 31.1 Å². The number of rotatable bonds is 5. The average Bonchev–Trinajstić information content (AvgIpc) is 3.03. The molecule has 2 aromatic rings. The zero-order valence-corrected chi connectivity index (χ0v) is 20.6. The van der Waals surface area contributed by atoms with E-state index in [1.807, 2.05) is 6.92 Å². The van der Waals surface area contributed by atoms with Crippen LogP contribution in [0.15, 0.2) is 30.8 Å². The first-order valence-corrected chi connectivity index (χ1v) is 13.4. The summed E-state index contributed by atoms with van der Waals surface area (Å²) in [7, 11) is -2.16. The normalized spacial score (nSPS) is 18.8. The van der Waals surface area contributed by atoms with Gasteiger partial charge in [0.25, 0.3) is 0 Å². The van der Waals surface area contributed by atoms with Crippen molar-refractivity contribution >= 4 is 13.9 Å². The molecule has 0 spiro atoms. The molecule has 0 radical (unpaired) electrons. The van der Waals surface area contributed by atoms with Crippen molar-refractivity contribution in [1.29, 1.82) is 0 Å². The van der Waals surface area contributed by atoms with Gasteiger partial charge in [0.15, 0.2) is 20.0 Å². The highest BCUT2D eigenvalue weighted by molar-refractivity contribution is 6.74. The Morgan fingerprint density at radius 1 is 1.15 bits per heavy atom. The molecule has 1 aliphatic heterocycles. The van der Waals surface area contributed by atoms with Gasteiger partial charge in [0.05, 0.1) is 16.7 Å². The zero-order chi connectivity index (χ0) is 25.0. The lowest BCUT2D eigenvalue weighted by Crippen LogP contribution is -2.45. The largest absolute Gasteiger partial charge is 0.490 e. The Kier molecular flexibility index (Phi) is 6.30. The number of benzene rings is 1. The van der Waals surface area contributed by atoms with E-state index in [0.717, 1.165) is 12.1 Å². The Bertz CT molecular complexity index is 1090. The SMILES string of the molecule is C=C(c1cc2c(c(-c3ccc(F)c(F)c3)n1)OCC2(C)CO[Si](C)(C)C(C)(C)C)C(F)(F)F. The Morgan fingerprint density at radius 2 is 1.79 bits per heavy atom. The summed E-state index contributed by atoms with van der Waals surface area (Å²) < 4.78 is 80.1. The van der Waals surface area contributed by atoms with Gasteiger partial charge < -0.3 is 9.16 Å². The highest BCUT2D eigenvalue weighted by Crippen LogP contribution is 2.47. The van der Waals surface area contributed by atoms with E-state index < -0.39 is 42.8 Å². The van der Waals surface area contributed by atoms with E-state index in [-0.39, 0.29) is 35.3 Å². The summed E-state index contributed by atoms with van der Waals surface area (Å²) in [5, 5.41) is -0.0591. The third kappa shape index (κ3) is 4.84. The second-order valence-electron chi connectivity index (χ2n) is 10.2. The van der Waals surface area contributed by atoms with Gasteiger partial charge in [-0.2, -0.15) is 13.2 Å². The molecule has 0 N–H and O–H groups in total. The molecule has 9 heteroatoms. The maximum Gasteiger partial charge on any atom is 0.417 e. The minimum absolute atomic E-state index is 0.00264. The van der Waals surface area contributed by atoms with Crippen LogP contribution in [0, 0.1) is 11.6 Å². The van der Waals surface area contributed by atoms with Gasteiger partial charge in [0.2, 0.25) is 0 Å². The lowest BCUT2D eigenvalue weighted by atomic mass is 9.84. The van der Waals surface area contributed by atoms with Gasteiger partial charge in [-0.05, 0) is 49.3 Å². The van der Waals surface area contributed by atoms with E-state index in [9.17, 15) is 22.0 Å². The second-order valence-corrected chi connectivity index (χ2v) is 15.0. The number of fused-ring (bicyclic) bond motifs is 1. The van der Waals surface area contributed by atoms with Crippen molar-refractivity contribution in [3.8, 4) is 17.0 Å². The molecule has 3 nitrogen and oxygen atoms in total. The number of pyridine rings is 1. The number of hydrogen-bond donors (Lipinski definition) is 0. The number of ether oxygens (including phenoxy) is 1. The molecular formula is C24H28F5NO2Si. The van der Waals surface area contributed by atoms with Crippen LogP contribution in [0.4, 0.5) is 22.0 Å². The van der Waals surface area contributed by atoms with Crippen LogP contribution < -0.4 is 4.74 Å². The summed E-state index contributed by atoms with van der Waals surface area (Å²) in [5.74, 6) is -1.97. The predicted octanol–water partition coefficient (Wildman–Crippen LogP) is 7.27. The molecule has 180 valence electrons. The van der Waals surface area contributed by atoms with Crippen molar-refractivity contribution in [3.63, 3.8) is 0 Å². The lowest BCUT2D eigenvalue weighted by Gasteiger charge is -2.38. The van der Waals surface area contributed by atoms with Crippen LogP contribution in [-0.4, -0.2) is 32.7 Å². The number of alkyl halides is 3. The Balaban J connectivity index is 2.14. The quantitative estimate of drug-likeness (QED) is 0.330. The maximum atomic E-state index is 13.9. The lowest BCUT2D eigenvalue weighted by molar-refractivity contribution is -0.0689. The van der Waals surface area contributed by atoms with Crippen LogP contribution in [0.5, 0.6) is 5.75 Å². The monoisotopic (exact) mass is 485 g/mol. The van der Waals surface area contributed by atoms with Gasteiger partial charge in [0, 0.05) is 17.7 Å². The molecule has 0 bridgehead atoms. The summed E-state index contributed by atoms with van der Waals surface area (Å²) in [6.07, 6.45) is -4.71. The van der Waals surface area contributed by atoms with Gasteiger partial charge in [0.1, 0.15) is 18.1 Å². The van der Waals surface area contributed by atoms with Crippen molar-refractivity contribution in [1.82, 2.24) is 4.98 Å². The van der Waals surface area contributed by atoms with E-state index in [4.69, 9.17) is 9.16 Å². The van der Waals surface area contributed by atoms with Crippen molar-refractivity contribution in [2.45, 2.75) is 57.4 Å². The molecule has 1 atom stereocenters. The minimum atomic E-state index is -4.71. The fourth-order valence-corrected chi connectivity index (χ4v) is 4.36. The van der Waals surface area contributed by atoms with Crippen molar-refractivity contribution in [2.24, 2.45) is 0 Å². The van der Waals surface area contributed by atoms with Crippen LogP contribution in [0.2, 0.25) is 18.1 Å². The number of allylic oxidation sites excluding steroid dienone is 1. The number of halogens is 5. The average molecular weight is 486 g/mol. The molecule has 0 fully saturated rings. The molecule has 0 saturated carbocycles. The summed E-state index contributed by atoms with van der Waals surface area (Å²) in [6.45, 7) is 15.9. The minimum Gasteiger partial charge on any atom is -0.490 e. The molecule has 1 aromatic carbocycles. The van der Waals surface area contributed by atoms with Crippen LogP contribution in [0.3, 0.4) is 0 Å². The van der Waals surface area contributed by atoms with Gasteiger partial charge in [-0.25, -0.2) is 13.8 Å². The number of aromatic nitrogens is 1. The highest BCUT2D eigenvalue weighted by Gasteiger charge is 2.45. The molecule has 1 aliphatic rings. The smallest absolute Gasteiger partial charge is 0.417 e. The summed E-state index contributed by atoms with van der Waals surface area (Å²) >= 11 is 0. The Morgan fingerprint density at radius 3 is 2.33 bits per heavy atom. The molecule has 1 aromatic heterocycles. The Hall–Kier alpha value is -2.26. The third-order valence-electron chi connectivity index (χ3n) is 6.56. The molecule has 2 heterocycles. The van der Waals surface area contributed by atoms with E-state index in [2.05, 4.69) is 45.4 Å². The first-order chi connectivity index (χ1) is 15.0. The fraction of sp³-hybridized carbons (Fsp3) is 0.458. The van der Waals surface area contributed by atoms with Crippen LogP contribution in [0.25, 0.3) is 16.8 Å². The van der Waals surface area contributed by atoms with Crippen LogP contribution in [-0.2, 0) is 9.84 Å². The molecule has 3 rings (SSSR count). The van der Waals surface area contributed by atoms with Crippen molar-refractivity contribution in [3.05, 3.63) is 53.7 Å². The van der Waals surface area contributed by atoms with Gasteiger partial charge in [-0.1, -0.05) is 27.4 Å². The van der Waals surface area contributed by atoms with Crippen molar-refractivity contribution in [2.75, 3.05) is 13.2 Å². The van der Waals surface area contributed by atoms with Crippen LogP contribution in [0.1, 0.15) is 39.0 Å². The zero-order valence-electron chi connectivity index (χ0n) is 19.6. The van der Waals surface area contributed by atoms with Gasteiger partial charge in [-0.3, -0.25) is 0 Å². The molecule has 1 unspecified atom stereocenters. The first kappa shape index (κ1) is 25.4. The van der Waals surface area contributed by atoms with E-state index in [0.29, 0.717) is 5.56 Å². The summed E-state index contributed by atoms with van der Waals surface area (Å²) in [5.41, 5.74) is -1.71. The topological polar surface area (TPSA) is 31.4 Å². The molecule has 0 aliphatic carbocycles. The summed E-state index contributed by atoms with van der Waals surface area (Å²) in [4.78, 5) is 4.10. The first-order valence-electron chi connectivity index (χ1n) is 10.5. The number of nitrogens with zero attached hydrogens (tertiary/aromatic N) is 1. The van der Waals surface area contributed by atoms with E-state index >= 15 is 0 Å². The van der Waals surface area contributed by atoms with Crippen LogP contribution >= 0.6 is 0 Å². The molecule has 33 heavy (non-hydrogen) atoms. The molecule has 0 saturated heterocycles. The maximum absolute atomic E-state index is 13.9. The van der Waals surface area contributed by atoms with E-state index in [1.165, 1.54) is 12.1 Å². The fourth-order valence-electron chi connectivity index (χ4n) is 3.25. The second kappa shape index (κ2) is 8.20. The highest BCUT2D eigenvalue weighted by atomic mass is 28.4. The molecule has 0 amide bonds. The van der Waals surface area contributed by atoms with Gasteiger partial charge >= 0.3 is 6.18 Å². The van der Waals surface area contributed by atoms with E-state index in [1.54, 1.807) is 0 Å². The standard InChI is InChI=1S/C24H28F5NO2Si/c1-14(24(27,28)29)19-11-16-21(20(30-19)15-8-9-17(25)18(26)10-15)31-12-23(16,5)13-32-33(6,7)22(2,3)4/h8-11H,1,12-13H2,2-7H3. The van der Waals surface area contributed by atoms with Gasteiger partial charge in [-0.15, -0.1) is 0 Å². The molecular weight excluding hydrogens is 457 g/mol. The predicted molar refractivity (Wildman–Crippen MR) is 121 cm³/mol.